The Morgan fingerprint density at radius 2 is 2.16 bits per heavy atom. The minimum atomic E-state index is -0.0717. The van der Waals surface area contributed by atoms with Gasteiger partial charge < -0.3 is 16.4 Å². The molecule has 4 nitrogen and oxygen atoms in total. The maximum Gasteiger partial charge on any atom is 0.239 e. The van der Waals surface area contributed by atoms with Crippen molar-refractivity contribution in [1.29, 1.82) is 0 Å². The fourth-order valence-corrected chi connectivity index (χ4v) is 1.77. The van der Waals surface area contributed by atoms with E-state index in [0.717, 1.165) is 0 Å². The standard InChI is InChI=1S/C13H18ClN3OS/c1-8(2)6-17-12(18)7-16-11-4-3-9(14)5-10(11)13(15)19/h3-5,8,16H,6-7H2,1-2H3,(H2,15,19)(H,17,18). The molecule has 0 aliphatic rings. The molecule has 0 fully saturated rings. The van der Waals surface area contributed by atoms with Crippen LogP contribution in [0, 0.1) is 5.92 Å². The summed E-state index contributed by atoms with van der Waals surface area (Å²) in [5.41, 5.74) is 6.96. The molecule has 1 amide bonds. The number of nitrogens with two attached hydrogens (primary N) is 1. The highest BCUT2D eigenvalue weighted by Gasteiger charge is 2.08. The van der Waals surface area contributed by atoms with Crippen molar-refractivity contribution < 1.29 is 4.79 Å². The summed E-state index contributed by atoms with van der Waals surface area (Å²) in [5, 5.41) is 6.38. The summed E-state index contributed by atoms with van der Waals surface area (Å²) in [6.45, 7) is 4.91. The summed E-state index contributed by atoms with van der Waals surface area (Å²) in [4.78, 5) is 11.8. The van der Waals surface area contributed by atoms with Gasteiger partial charge in [0.25, 0.3) is 0 Å². The lowest BCUT2D eigenvalue weighted by Crippen LogP contribution is -2.32. The third kappa shape index (κ3) is 5.44. The lowest BCUT2D eigenvalue weighted by Gasteiger charge is -2.12. The first kappa shape index (κ1) is 15.7. The van der Waals surface area contributed by atoms with Crippen LogP contribution in [0.3, 0.4) is 0 Å². The molecular weight excluding hydrogens is 282 g/mol. The van der Waals surface area contributed by atoms with Crippen molar-refractivity contribution >= 4 is 40.4 Å². The number of benzene rings is 1. The van der Waals surface area contributed by atoms with E-state index < -0.39 is 0 Å². The monoisotopic (exact) mass is 299 g/mol. The van der Waals surface area contributed by atoms with Crippen molar-refractivity contribution in [2.45, 2.75) is 13.8 Å². The maximum absolute atomic E-state index is 11.6. The van der Waals surface area contributed by atoms with Crippen molar-refractivity contribution in [2.24, 2.45) is 11.7 Å². The van der Waals surface area contributed by atoms with E-state index in [4.69, 9.17) is 29.6 Å². The molecule has 0 aliphatic carbocycles. The predicted molar refractivity (Wildman–Crippen MR) is 83.7 cm³/mol. The summed E-state index contributed by atoms with van der Waals surface area (Å²) >= 11 is 10.8. The first-order valence-corrected chi connectivity index (χ1v) is 6.78. The minimum Gasteiger partial charge on any atom is -0.389 e. The number of anilines is 1. The largest absolute Gasteiger partial charge is 0.389 e. The zero-order valence-corrected chi connectivity index (χ0v) is 12.6. The molecule has 6 heteroatoms. The molecule has 0 atom stereocenters. The quantitative estimate of drug-likeness (QED) is 0.704. The first-order valence-electron chi connectivity index (χ1n) is 6.00. The number of rotatable bonds is 6. The Morgan fingerprint density at radius 1 is 1.47 bits per heavy atom. The van der Waals surface area contributed by atoms with Crippen LogP contribution in [0.25, 0.3) is 0 Å². The second kappa shape index (κ2) is 7.31. The van der Waals surface area contributed by atoms with Crippen molar-refractivity contribution in [3.63, 3.8) is 0 Å². The molecule has 0 unspecified atom stereocenters. The molecule has 0 saturated heterocycles. The van der Waals surface area contributed by atoms with Crippen LogP contribution in [0.4, 0.5) is 5.69 Å². The Bertz CT molecular complexity index is 477. The van der Waals surface area contributed by atoms with E-state index in [2.05, 4.69) is 10.6 Å². The van der Waals surface area contributed by atoms with Gasteiger partial charge in [-0.15, -0.1) is 0 Å². The number of nitrogens with one attached hydrogen (secondary N) is 2. The number of thiocarbonyl (C=S) groups is 1. The molecule has 0 spiro atoms. The summed E-state index contributed by atoms with van der Waals surface area (Å²) in [6, 6.07) is 5.16. The number of halogens is 1. The van der Waals surface area contributed by atoms with Crippen molar-refractivity contribution in [3.05, 3.63) is 28.8 Å². The van der Waals surface area contributed by atoms with Gasteiger partial charge in [0.2, 0.25) is 5.91 Å². The third-order valence-electron chi connectivity index (χ3n) is 2.39. The van der Waals surface area contributed by atoms with Crippen LogP contribution < -0.4 is 16.4 Å². The van der Waals surface area contributed by atoms with Crippen LogP contribution in [0.1, 0.15) is 19.4 Å². The second-order valence-corrected chi connectivity index (χ2v) is 5.48. The van der Waals surface area contributed by atoms with E-state index in [9.17, 15) is 4.79 Å². The number of hydrogen-bond acceptors (Lipinski definition) is 3. The molecule has 0 radical (unpaired) electrons. The van der Waals surface area contributed by atoms with Gasteiger partial charge >= 0.3 is 0 Å². The molecule has 0 saturated carbocycles. The molecule has 0 heterocycles. The number of hydrogen-bond donors (Lipinski definition) is 3. The van der Waals surface area contributed by atoms with Crippen LogP contribution in [0.5, 0.6) is 0 Å². The number of carbonyl (C=O) groups excluding carboxylic acids is 1. The Morgan fingerprint density at radius 3 is 2.74 bits per heavy atom. The zero-order chi connectivity index (χ0) is 14.4. The molecule has 1 rings (SSSR count). The molecule has 0 aromatic heterocycles. The van der Waals surface area contributed by atoms with Gasteiger partial charge in [0.1, 0.15) is 4.99 Å². The van der Waals surface area contributed by atoms with E-state index >= 15 is 0 Å². The Kier molecular flexibility index (Phi) is 6.05. The van der Waals surface area contributed by atoms with E-state index in [-0.39, 0.29) is 17.4 Å². The highest BCUT2D eigenvalue weighted by Crippen LogP contribution is 2.20. The Balaban J connectivity index is 2.62. The van der Waals surface area contributed by atoms with Gasteiger partial charge in [0.15, 0.2) is 0 Å². The highest BCUT2D eigenvalue weighted by molar-refractivity contribution is 7.80. The van der Waals surface area contributed by atoms with Crippen molar-refractivity contribution in [2.75, 3.05) is 18.4 Å². The van der Waals surface area contributed by atoms with Crippen molar-refractivity contribution in [3.8, 4) is 0 Å². The Labute approximate surface area is 123 Å². The van der Waals surface area contributed by atoms with Crippen LogP contribution in [0.15, 0.2) is 18.2 Å². The summed E-state index contributed by atoms with van der Waals surface area (Å²) in [6.07, 6.45) is 0. The smallest absolute Gasteiger partial charge is 0.239 e. The van der Waals surface area contributed by atoms with E-state index in [1.807, 2.05) is 13.8 Å². The normalized spacial score (nSPS) is 10.3. The maximum atomic E-state index is 11.6. The Hall–Kier alpha value is -1.33. The molecular formula is C13H18ClN3OS. The zero-order valence-electron chi connectivity index (χ0n) is 11.0. The lowest BCUT2D eigenvalue weighted by atomic mass is 10.1. The topological polar surface area (TPSA) is 67.2 Å². The number of carbonyl (C=O) groups is 1. The number of amides is 1. The van der Waals surface area contributed by atoms with E-state index in [1.165, 1.54) is 0 Å². The SMILES string of the molecule is CC(C)CNC(=O)CNc1ccc(Cl)cc1C(N)=S. The van der Waals surface area contributed by atoms with E-state index in [1.54, 1.807) is 18.2 Å². The van der Waals surface area contributed by atoms with Crippen molar-refractivity contribution in [1.82, 2.24) is 5.32 Å². The lowest BCUT2D eigenvalue weighted by molar-refractivity contribution is -0.119. The van der Waals surface area contributed by atoms with Crippen LogP contribution in [-0.2, 0) is 4.79 Å². The highest BCUT2D eigenvalue weighted by atomic mass is 35.5. The van der Waals surface area contributed by atoms with E-state index in [0.29, 0.717) is 28.7 Å². The average Bonchev–Trinajstić information content (AvgIpc) is 2.34. The van der Waals surface area contributed by atoms with Gasteiger partial charge in [-0.2, -0.15) is 0 Å². The fraction of sp³-hybridized carbons (Fsp3) is 0.385. The summed E-state index contributed by atoms with van der Waals surface area (Å²) in [7, 11) is 0. The van der Waals surface area contributed by atoms with Gasteiger partial charge in [-0.3, -0.25) is 4.79 Å². The van der Waals surface area contributed by atoms with Gasteiger partial charge in [-0.05, 0) is 24.1 Å². The first-order chi connectivity index (χ1) is 8.90. The van der Waals surface area contributed by atoms with Gasteiger partial charge in [0, 0.05) is 22.8 Å². The van der Waals surface area contributed by atoms with Crippen LogP contribution >= 0.6 is 23.8 Å². The molecule has 0 aliphatic heterocycles. The van der Waals surface area contributed by atoms with Crippen LogP contribution in [-0.4, -0.2) is 24.0 Å². The molecule has 1 aromatic carbocycles. The molecule has 0 bridgehead atoms. The summed E-state index contributed by atoms with van der Waals surface area (Å²) in [5.74, 6) is 0.351. The van der Waals surface area contributed by atoms with Gasteiger partial charge in [-0.1, -0.05) is 37.7 Å². The molecule has 4 N–H and O–H groups in total. The molecule has 19 heavy (non-hydrogen) atoms. The van der Waals surface area contributed by atoms with Gasteiger partial charge in [0.05, 0.1) is 6.54 Å². The van der Waals surface area contributed by atoms with Gasteiger partial charge in [-0.25, -0.2) is 0 Å². The third-order valence-corrected chi connectivity index (χ3v) is 2.85. The average molecular weight is 300 g/mol. The fourth-order valence-electron chi connectivity index (χ4n) is 1.43. The minimum absolute atomic E-state index is 0.0717. The molecule has 104 valence electrons. The molecule has 1 aromatic rings. The van der Waals surface area contributed by atoms with Crippen LogP contribution in [0.2, 0.25) is 5.02 Å². The second-order valence-electron chi connectivity index (χ2n) is 4.61. The predicted octanol–water partition coefficient (Wildman–Crippen LogP) is 2.16. The summed E-state index contributed by atoms with van der Waals surface area (Å²) < 4.78 is 0.